The zero-order valence-corrected chi connectivity index (χ0v) is 8.04. The van der Waals surface area contributed by atoms with E-state index in [9.17, 15) is 18.3 Å². The lowest BCUT2D eigenvalue weighted by atomic mass is 10.2. The van der Waals surface area contributed by atoms with Gasteiger partial charge in [-0.15, -0.1) is 0 Å². The van der Waals surface area contributed by atoms with E-state index in [2.05, 4.69) is 0 Å². The second kappa shape index (κ2) is 3.30. The monoisotopic (exact) mass is 215 g/mol. The highest BCUT2D eigenvalue weighted by atomic mass is 32.2. The first-order chi connectivity index (χ1) is 6.32. The number of carbonyl (C=O) groups is 1. The third-order valence-electron chi connectivity index (χ3n) is 1.58. The first kappa shape index (κ1) is 10.5. The summed E-state index contributed by atoms with van der Waals surface area (Å²) in [5.74, 6) is -1.96. The summed E-state index contributed by atoms with van der Waals surface area (Å²) >= 11 is 0. The Morgan fingerprint density at radius 2 is 1.93 bits per heavy atom. The Labute approximate surface area is 80.5 Å². The predicted molar refractivity (Wildman–Crippen MR) is 46.6 cm³/mol. The molecule has 0 aliphatic heterocycles. The van der Waals surface area contributed by atoms with Crippen molar-refractivity contribution in [3.8, 4) is 5.75 Å². The molecule has 0 heterocycles. The topological polar surface area (TPSA) is 91.3 Å². The zero-order chi connectivity index (χ0) is 10.9. The van der Waals surface area contributed by atoms with Crippen molar-refractivity contribution >= 4 is 15.8 Å². The number of aromatic carboxylic acids is 1. The average molecular weight is 215 g/mol. The summed E-state index contributed by atoms with van der Waals surface area (Å²) in [5.41, 5.74) is -0.486. The maximum absolute atomic E-state index is 11.1. The number of rotatable bonds is 2. The summed E-state index contributed by atoms with van der Waals surface area (Å²) in [6, 6.07) is 2.81. The Balaban J connectivity index is 3.53. The highest BCUT2D eigenvalue weighted by molar-refractivity contribution is 7.90. The molecule has 0 aromatic heterocycles. The number of hydrogen-bond acceptors (Lipinski definition) is 3. The van der Waals surface area contributed by atoms with E-state index in [0.717, 1.165) is 24.5 Å². The van der Waals surface area contributed by atoms with E-state index in [0.29, 0.717) is 0 Å². The smallest absolute Gasteiger partial charge is 0.337 e. The molecule has 1 rings (SSSR count). The maximum Gasteiger partial charge on any atom is 0.337 e. The number of benzene rings is 1. The Bertz CT molecular complexity index is 475. The molecule has 14 heavy (non-hydrogen) atoms. The van der Waals surface area contributed by atoms with Gasteiger partial charge in [-0.05, 0) is 12.1 Å². The van der Waals surface area contributed by atoms with Crippen molar-refractivity contribution in [2.75, 3.05) is 6.26 Å². The lowest BCUT2D eigenvalue weighted by Gasteiger charge is -2.02. The fourth-order valence-corrected chi connectivity index (χ4v) is 1.86. The molecule has 0 aliphatic rings. The minimum Gasteiger partial charge on any atom is -0.478 e. The molecule has 0 fully saturated rings. The molecule has 1 aromatic carbocycles. The van der Waals surface area contributed by atoms with Crippen LogP contribution in [0.1, 0.15) is 10.4 Å². The van der Waals surface area contributed by atoms with Crippen molar-refractivity contribution in [1.82, 2.24) is 0 Å². The largest absolute Gasteiger partial charge is 0.478 e. The van der Waals surface area contributed by atoms with Crippen LogP contribution in [-0.4, -0.2) is 25.7 Å². The van der Waals surface area contributed by atoms with Crippen LogP contribution in [0.15, 0.2) is 23.1 Å². The number of carboxylic acids is 1. The van der Waals surface area contributed by atoms with Crippen LogP contribution in [0.4, 0.5) is 0 Å². The molecule has 0 unspecified atom stereocenters. The fraction of sp³-hybridized carbons (Fsp3) is 0.125. The van der Waals surface area contributed by atoms with Gasteiger partial charge in [-0.3, -0.25) is 5.11 Å². The molecule has 0 amide bonds. The van der Waals surface area contributed by atoms with Gasteiger partial charge in [0, 0.05) is 12.3 Å². The fourth-order valence-electron chi connectivity index (χ4n) is 1.000. The van der Waals surface area contributed by atoms with E-state index in [-0.39, 0.29) is 4.90 Å². The first-order valence-corrected chi connectivity index (χ1v) is 5.46. The Kier molecular flexibility index (Phi) is 2.48. The summed E-state index contributed by atoms with van der Waals surface area (Å²) < 4.78 is 22.2. The molecule has 5 nitrogen and oxygen atoms in total. The summed E-state index contributed by atoms with van der Waals surface area (Å²) in [6.07, 6.45) is 0.888. The second-order valence-corrected chi connectivity index (χ2v) is 4.72. The maximum atomic E-state index is 11.1. The molecule has 0 aliphatic carbocycles. The van der Waals surface area contributed by atoms with Gasteiger partial charge < -0.3 is 5.11 Å². The van der Waals surface area contributed by atoms with Crippen LogP contribution in [0.5, 0.6) is 5.75 Å². The molecular weight excluding hydrogens is 208 g/mol. The van der Waals surface area contributed by atoms with Gasteiger partial charge in [-0.2, -0.15) is 0 Å². The number of sulfone groups is 1. The van der Waals surface area contributed by atoms with Crippen molar-refractivity contribution in [3.05, 3.63) is 23.8 Å². The third-order valence-corrected chi connectivity index (χ3v) is 2.74. The lowest BCUT2D eigenvalue weighted by molar-refractivity contribution is 0.0692. The SMILES string of the molecule is CS(=O)(=O)c1ccc([O])cc1C(=O)O. The van der Waals surface area contributed by atoms with Crippen molar-refractivity contribution < 1.29 is 23.4 Å². The number of hydrogen-bond donors (Lipinski definition) is 1. The molecule has 0 atom stereocenters. The quantitative estimate of drug-likeness (QED) is 0.794. The zero-order valence-electron chi connectivity index (χ0n) is 7.22. The third kappa shape index (κ3) is 2.02. The summed E-state index contributed by atoms with van der Waals surface area (Å²) in [4.78, 5) is 10.3. The van der Waals surface area contributed by atoms with E-state index in [1.165, 1.54) is 0 Å². The van der Waals surface area contributed by atoms with Gasteiger partial charge in [0.2, 0.25) is 0 Å². The van der Waals surface area contributed by atoms with Crippen LogP contribution in [0, 0.1) is 0 Å². The average Bonchev–Trinajstić information content (AvgIpc) is 2.01. The molecular formula is C8H7O5S. The molecule has 0 saturated carbocycles. The molecule has 6 heteroatoms. The minimum absolute atomic E-state index is 0.343. The van der Waals surface area contributed by atoms with Crippen molar-refractivity contribution in [2.45, 2.75) is 4.90 Å². The van der Waals surface area contributed by atoms with Gasteiger partial charge in [0.15, 0.2) is 15.6 Å². The normalized spacial score (nSPS) is 11.2. The van der Waals surface area contributed by atoms with Crippen molar-refractivity contribution in [2.24, 2.45) is 0 Å². The van der Waals surface area contributed by atoms with Crippen LogP contribution in [0.2, 0.25) is 0 Å². The van der Waals surface area contributed by atoms with Gasteiger partial charge in [-0.25, -0.2) is 13.2 Å². The van der Waals surface area contributed by atoms with Gasteiger partial charge in [0.1, 0.15) is 0 Å². The molecule has 75 valence electrons. The Morgan fingerprint density at radius 3 is 2.36 bits per heavy atom. The second-order valence-electron chi connectivity index (χ2n) is 2.74. The standard InChI is InChI=1S/C8H7O5S/c1-14(12,13)7-3-2-5(9)4-6(7)8(10)11/h2-4H,1H3,(H,10,11). The summed E-state index contributed by atoms with van der Waals surface area (Å²) in [6.45, 7) is 0. The minimum atomic E-state index is -3.61. The Morgan fingerprint density at radius 1 is 1.36 bits per heavy atom. The molecule has 0 spiro atoms. The highest BCUT2D eigenvalue weighted by Crippen LogP contribution is 2.21. The molecule has 1 N–H and O–H groups in total. The van der Waals surface area contributed by atoms with E-state index in [1.807, 2.05) is 0 Å². The van der Waals surface area contributed by atoms with Gasteiger partial charge >= 0.3 is 5.97 Å². The predicted octanol–water partition coefficient (Wildman–Crippen LogP) is 0.932. The van der Waals surface area contributed by atoms with E-state index in [1.54, 1.807) is 0 Å². The van der Waals surface area contributed by atoms with Gasteiger partial charge in [-0.1, -0.05) is 0 Å². The van der Waals surface area contributed by atoms with Gasteiger partial charge in [0.05, 0.1) is 10.5 Å². The van der Waals surface area contributed by atoms with Crippen LogP contribution < -0.4 is 0 Å². The van der Waals surface area contributed by atoms with Crippen molar-refractivity contribution in [3.63, 3.8) is 0 Å². The molecule has 0 saturated heterocycles. The first-order valence-electron chi connectivity index (χ1n) is 3.57. The van der Waals surface area contributed by atoms with E-state index in [4.69, 9.17) is 5.11 Å². The van der Waals surface area contributed by atoms with E-state index < -0.39 is 27.1 Å². The molecule has 0 bridgehead atoms. The summed E-state index contributed by atoms with van der Waals surface area (Å²) in [5, 5.41) is 19.5. The van der Waals surface area contributed by atoms with Crippen LogP contribution in [0.25, 0.3) is 0 Å². The number of carboxylic acid groups (broad SMARTS) is 1. The van der Waals surface area contributed by atoms with E-state index >= 15 is 0 Å². The highest BCUT2D eigenvalue weighted by Gasteiger charge is 2.18. The van der Waals surface area contributed by atoms with Crippen LogP contribution in [-0.2, 0) is 14.9 Å². The summed E-state index contributed by atoms with van der Waals surface area (Å²) in [7, 11) is -3.61. The van der Waals surface area contributed by atoms with Crippen LogP contribution in [0.3, 0.4) is 0 Å². The Hall–Kier alpha value is -1.56. The lowest BCUT2D eigenvalue weighted by Crippen LogP contribution is -2.07. The molecule has 1 radical (unpaired) electrons. The van der Waals surface area contributed by atoms with Crippen molar-refractivity contribution in [1.29, 1.82) is 0 Å². The van der Waals surface area contributed by atoms with Gasteiger partial charge in [0.25, 0.3) is 0 Å². The van der Waals surface area contributed by atoms with Crippen LogP contribution >= 0.6 is 0 Å². The molecule has 1 aromatic rings.